The van der Waals surface area contributed by atoms with Crippen LogP contribution in [0, 0.1) is 5.92 Å². The summed E-state index contributed by atoms with van der Waals surface area (Å²) in [6.07, 6.45) is 3.90. The number of halogens is 1. The molecule has 1 aromatic rings. The van der Waals surface area contributed by atoms with Crippen LogP contribution in [0.2, 0.25) is 0 Å². The molecule has 100 valence electrons. The van der Waals surface area contributed by atoms with Gasteiger partial charge in [-0.2, -0.15) is 4.98 Å². The van der Waals surface area contributed by atoms with Crippen molar-refractivity contribution in [2.75, 3.05) is 24.6 Å². The monoisotopic (exact) mass is 313 g/mol. The van der Waals surface area contributed by atoms with E-state index in [1.807, 2.05) is 6.07 Å². The maximum absolute atomic E-state index is 5.55. The van der Waals surface area contributed by atoms with E-state index in [1.54, 1.807) is 6.20 Å². The van der Waals surface area contributed by atoms with Crippen LogP contribution in [0.4, 0.5) is 5.95 Å². The van der Waals surface area contributed by atoms with Crippen LogP contribution in [0.15, 0.2) is 12.3 Å². The van der Waals surface area contributed by atoms with E-state index < -0.39 is 0 Å². The second-order valence-electron chi connectivity index (χ2n) is 4.77. The summed E-state index contributed by atoms with van der Waals surface area (Å²) in [5, 5.41) is 0. The number of anilines is 1. The third-order valence-corrected chi connectivity index (χ3v) is 4.52. The molecule has 5 heteroatoms. The molecule has 1 aromatic heterocycles. The second-order valence-corrected chi connectivity index (χ2v) is 5.95. The number of rotatable bonds is 4. The first-order chi connectivity index (χ1) is 8.70. The van der Waals surface area contributed by atoms with Crippen molar-refractivity contribution in [3.63, 3.8) is 0 Å². The molecule has 0 saturated carbocycles. The molecule has 1 saturated heterocycles. The zero-order valence-electron chi connectivity index (χ0n) is 11.0. The largest absolute Gasteiger partial charge is 0.478 e. The molecule has 0 radical (unpaired) electrons. The molecular formula is C13H20BrN3O. The number of piperidine rings is 1. The molecule has 2 unspecified atom stereocenters. The van der Waals surface area contributed by atoms with Crippen LogP contribution in [0.1, 0.15) is 26.7 Å². The number of hydrogen-bond donors (Lipinski definition) is 0. The van der Waals surface area contributed by atoms with Gasteiger partial charge in [0.05, 0.1) is 6.61 Å². The van der Waals surface area contributed by atoms with Crippen LogP contribution in [0.5, 0.6) is 5.88 Å². The highest BCUT2D eigenvalue weighted by atomic mass is 79.9. The molecule has 18 heavy (non-hydrogen) atoms. The predicted molar refractivity (Wildman–Crippen MR) is 76.5 cm³/mol. The summed E-state index contributed by atoms with van der Waals surface area (Å²) in [5.74, 6) is 2.08. The van der Waals surface area contributed by atoms with Gasteiger partial charge in [-0.3, -0.25) is 0 Å². The van der Waals surface area contributed by atoms with Crippen molar-refractivity contribution in [3.8, 4) is 5.88 Å². The van der Waals surface area contributed by atoms with Gasteiger partial charge < -0.3 is 9.64 Å². The molecule has 2 rings (SSSR count). The summed E-state index contributed by atoms with van der Waals surface area (Å²) in [5.41, 5.74) is 0. The van der Waals surface area contributed by atoms with Crippen molar-refractivity contribution >= 4 is 21.9 Å². The number of aromatic nitrogens is 2. The predicted octanol–water partition coefficient (Wildman–Crippen LogP) is 2.88. The summed E-state index contributed by atoms with van der Waals surface area (Å²) in [7, 11) is 0. The van der Waals surface area contributed by atoms with Gasteiger partial charge in [0, 0.05) is 30.2 Å². The van der Waals surface area contributed by atoms with Gasteiger partial charge in [-0.1, -0.05) is 29.8 Å². The van der Waals surface area contributed by atoms with E-state index >= 15 is 0 Å². The Labute approximate surface area is 117 Å². The molecule has 4 nitrogen and oxygen atoms in total. The Bertz CT molecular complexity index is 388. The van der Waals surface area contributed by atoms with E-state index in [0.29, 0.717) is 23.2 Å². The Morgan fingerprint density at radius 1 is 1.56 bits per heavy atom. The lowest BCUT2D eigenvalue weighted by atomic mass is 10.0. The van der Waals surface area contributed by atoms with Crippen LogP contribution >= 0.6 is 15.9 Å². The van der Waals surface area contributed by atoms with E-state index in [4.69, 9.17) is 4.74 Å². The first-order valence-electron chi connectivity index (χ1n) is 6.55. The van der Waals surface area contributed by atoms with Crippen molar-refractivity contribution in [1.82, 2.24) is 9.97 Å². The molecule has 0 aromatic carbocycles. The lowest BCUT2D eigenvalue weighted by Crippen LogP contribution is -2.40. The highest BCUT2D eigenvalue weighted by molar-refractivity contribution is 9.09. The number of ether oxygens (including phenoxy) is 1. The third-order valence-electron chi connectivity index (χ3n) is 3.15. The fraction of sp³-hybridized carbons (Fsp3) is 0.692. The minimum absolute atomic E-state index is 0.605. The maximum atomic E-state index is 5.55. The molecule has 1 aliphatic heterocycles. The highest BCUT2D eigenvalue weighted by Crippen LogP contribution is 2.26. The van der Waals surface area contributed by atoms with E-state index in [1.165, 1.54) is 0 Å². The third kappa shape index (κ3) is 3.34. The van der Waals surface area contributed by atoms with E-state index in [9.17, 15) is 0 Å². The maximum Gasteiger partial charge on any atom is 0.228 e. The topological polar surface area (TPSA) is 38.2 Å². The van der Waals surface area contributed by atoms with Gasteiger partial charge in [0.2, 0.25) is 11.8 Å². The molecule has 1 fully saturated rings. The second kappa shape index (κ2) is 6.36. The minimum atomic E-state index is 0.605. The van der Waals surface area contributed by atoms with Gasteiger partial charge in [-0.15, -0.1) is 0 Å². The molecule has 0 amide bonds. The van der Waals surface area contributed by atoms with E-state index in [2.05, 4.69) is 44.6 Å². The van der Waals surface area contributed by atoms with Crippen molar-refractivity contribution in [3.05, 3.63) is 12.3 Å². The van der Waals surface area contributed by atoms with E-state index in [0.717, 1.165) is 31.9 Å². The van der Waals surface area contributed by atoms with Crippen molar-refractivity contribution in [2.45, 2.75) is 31.5 Å². The van der Waals surface area contributed by atoms with Crippen molar-refractivity contribution < 1.29 is 4.74 Å². The van der Waals surface area contributed by atoms with E-state index in [-0.39, 0.29) is 0 Å². The Morgan fingerprint density at radius 2 is 2.39 bits per heavy atom. The Hall–Kier alpha value is -0.840. The lowest BCUT2D eigenvalue weighted by Gasteiger charge is -2.34. The molecule has 0 N–H and O–H groups in total. The van der Waals surface area contributed by atoms with Gasteiger partial charge in [-0.25, -0.2) is 4.98 Å². The lowest BCUT2D eigenvalue weighted by molar-refractivity contribution is 0.304. The summed E-state index contributed by atoms with van der Waals surface area (Å²) >= 11 is 3.71. The van der Waals surface area contributed by atoms with Gasteiger partial charge in [0.15, 0.2) is 0 Å². The molecule has 0 bridgehead atoms. The van der Waals surface area contributed by atoms with Crippen LogP contribution in [0.25, 0.3) is 0 Å². The normalized spacial score (nSPS) is 24.1. The van der Waals surface area contributed by atoms with Crippen LogP contribution in [-0.4, -0.2) is 34.5 Å². The standard InChI is InChI=1S/C13H20BrN3O/c1-3-8-18-12-4-6-15-13(16-12)17-7-5-11(14)10(2)9-17/h4,6,10-11H,3,5,7-9H2,1-2H3. The smallest absolute Gasteiger partial charge is 0.228 e. The average Bonchev–Trinajstić information content (AvgIpc) is 2.40. The first-order valence-corrected chi connectivity index (χ1v) is 7.47. The minimum Gasteiger partial charge on any atom is -0.478 e. The van der Waals surface area contributed by atoms with Gasteiger partial charge in [-0.05, 0) is 18.8 Å². The van der Waals surface area contributed by atoms with Gasteiger partial charge >= 0.3 is 0 Å². The molecule has 0 spiro atoms. The number of alkyl halides is 1. The molecule has 0 aliphatic carbocycles. The zero-order valence-corrected chi connectivity index (χ0v) is 12.6. The summed E-state index contributed by atoms with van der Waals surface area (Å²) in [6, 6.07) is 1.82. The Morgan fingerprint density at radius 3 is 3.11 bits per heavy atom. The van der Waals surface area contributed by atoms with Crippen molar-refractivity contribution in [1.29, 1.82) is 0 Å². The highest BCUT2D eigenvalue weighted by Gasteiger charge is 2.25. The summed E-state index contributed by atoms with van der Waals surface area (Å²) in [4.78, 5) is 11.7. The Kier molecular flexibility index (Phi) is 4.80. The average molecular weight is 314 g/mol. The molecule has 2 heterocycles. The SMILES string of the molecule is CCCOc1ccnc(N2CCC(Br)C(C)C2)n1. The van der Waals surface area contributed by atoms with Crippen LogP contribution in [-0.2, 0) is 0 Å². The van der Waals surface area contributed by atoms with Crippen LogP contribution < -0.4 is 9.64 Å². The molecular weight excluding hydrogens is 294 g/mol. The first kappa shape index (κ1) is 13.6. The van der Waals surface area contributed by atoms with Gasteiger partial charge in [0.25, 0.3) is 0 Å². The fourth-order valence-corrected chi connectivity index (χ4v) is 2.44. The van der Waals surface area contributed by atoms with Gasteiger partial charge in [0.1, 0.15) is 0 Å². The Balaban J connectivity index is 2.04. The number of hydrogen-bond acceptors (Lipinski definition) is 4. The fourth-order valence-electron chi connectivity index (χ4n) is 2.07. The number of nitrogens with zero attached hydrogens (tertiary/aromatic N) is 3. The van der Waals surface area contributed by atoms with Crippen LogP contribution in [0.3, 0.4) is 0 Å². The molecule has 1 aliphatic rings. The zero-order chi connectivity index (χ0) is 13.0. The quantitative estimate of drug-likeness (QED) is 0.801. The van der Waals surface area contributed by atoms with Crippen molar-refractivity contribution in [2.24, 2.45) is 5.92 Å². The summed E-state index contributed by atoms with van der Waals surface area (Å²) in [6.45, 7) is 7.04. The molecule has 2 atom stereocenters. The summed E-state index contributed by atoms with van der Waals surface area (Å²) < 4.78 is 5.55.